The lowest BCUT2D eigenvalue weighted by Gasteiger charge is -2.35. The molecule has 150 valence electrons. The Kier molecular flexibility index (Phi) is 7.56. The third-order valence-electron chi connectivity index (χ3n) is 5.06. The Morgan fingerprint density at radius 2 is 2.07 bits per heavy atom. The molecule has 0 aliphatic carbocycles. The first-order chi connectivity index (χ1) is 13.6. The van der Waals surface area contributed by atoms with Gasteiger partial charge in [-0.25, -0.2) is 4.98 Å². The second-order valence-electron chi connectivity index (χ2n) is 6.85. The SMILES string of the molecule is CSCCC(NC(=O)c1ccccc1Br)C(=O)N1CCC(n2ccnc2)CC1. The number of likely N-dealkylation sites (tertiary alicyclic amines) is 1. The summed E-state index contributed by atoms with van der Waals surface area (Å²) in [4.78, 5) is 31.8. The van der Waals surface area contributed by atoms with Crippen LogP contribution in [0.3, 0.4) is 0 Å². The topological polar surface area (TPSA) is 67.2 Å². The Balaban J connectivity index is 1.63. The van der Waals surface area contributed by atoms with E-state index in [1.54, 1.807) is 24.0 Å². The van der Waals surface area contributed by atoms with E-state index < -0.39 is 6.04 Å². The molecule has 1 N–H and O–H groups in total. The van der Waals surface area contributed by atoms with Crippen molar-refractivity contribution in [2.75, 3.05) is 25.1 Å². The average Bonchev–Trinajstić information content (AvgIpc) is 3.26. The number of nitrogens with zero attached hydrogens (tertiary/aromatic N) is 3. The predicted octanol–water partition coefficient (Wildman–Crippen LogP) is 3.36. The Bertz CT molecular complexity index is 791. The zero-order valence-corrected chi connectivity index (χ0v) is 18.3. The van der Waals surface area contributed by atoms with Crippen LogP contribution in [0.1, 0.15) is 35.7 Å². The highest BCUT2D eigenvalue weighted by Gasteiger charge is 2.30. The molecule has 3 rings (SSSR count). The molecule has 2 aromatic rings. The van der Waals surface area contributed by atoms with Crippen molar-refractivity contribution in [1.29, 1.82) is 0 Å². The van der Waals surface area contributed by atoms with Crippen LogP contribution < -0.4 is 5.32 Å². The van der Waals surface area contributed by atoms with Crippen LogP contribution in [0.5, 0.6) is 0 Å². The Morgan fingerprint density at radius 1 is 1.32 bits per heavy atom. The molecular formula is C20H25BrN4O2S. The fourth-order valence-electron chi connectivity index (χ4n) is 3.46. The van der Waals surface area contributed by atoms with Gasteiger partial charge in [0.2, 0.25) is 5.91 Å². The summed E-state index contributed by atoms with van der Waals surface area (Å²) in [6.07, 6.45) is 10.0. The molecular weight excluding hydrogens is 440 g/mol. The lowest BCUT2D eigenvalue weighted by Crippen LogP contribution is -2.51. The first kappa shape index (κ1) is 20.9. The van der Waals surface area contributed by atoms with Crippen molar-refractivity contribution in [3.05, 3.63) is 53.0 Å². The summed E-state index contributed by atoms with van der Waals surface area (Å²) < 4.78 is 2.84. The fraction of sp³-hybridized carbons (Fsp3) is 0.450. The van der Waals surface area contributed by atoms with Gasteiger partial charge in [-0.2, -0.15) is 11.8 Å². The first-order valence-electron chi connectivity index (χ1n) is 9.40. The minimum absolute atomic E-state index is 0.0125. The third kappa shape index (κ3) is 5.17. The first-order valence-corrected chi connectivity index (χ1v) is 11.6. The lowest BCUT2D eigenvalue weighted by atomic mass is 10.0. The van der Waals surface area contributed by atoms with Crippen molar-refractivity contribution >= 4 is 39.5 Å². The molecule has 0 radical (unpaired) electrons. The smallest absolute Gasteiger partial charge is 0.253 e. The number of aromatic nitrogens is 2. The van der Waals surface area contributed by atoms with Gasteiger partial charge in [0.05, 0.1) is 11.9 Å². The van der Waals surface area contributed by atoms with E-state index in [1.165, 1.54) is 0 Å². The number of carbonyl (C=O) groups is 2. The number of carbonyl (C=O) groups excluding carboxylic acids is 2. The third-order valence-corrected chi connectivity index (χ3v) is 6.39. The van der Waals surface area contributed by atoms with Gasteiger partial charge in [-0.05, 0) is 59.3 Å². The van der Waals surface area contributed by atoms with E-state index in [0.717, 1.165) is 23.1 Å². The number of benzene rings is 1. The average molecular weight is 465 g/mol. The van der Waals surface area contributed by atoms with Gasteiger partial charge in [0.25, 0.3) is 5.91 Å². The molecule has 0 bridgehead atoms. The maximum atomic E-state index is 13.1. The van der Waals surface area contributed by atoms with Crippen LogP contribution in [-0.4, -0.2) is 57.4 Å². The zero-order valence-electron chi connectivity index (χ0n) is 15.9. The molecule has 2 amide bonds. The molecule has 1 aliphatic heterocycles. The van der Waals surface area contributed by atoms with Gasteiger partial charge in [-0.3, -0.25) is 9.59 Å². The van der Waals surface area contributed by atoms with Crippen LogP contribution in [0, 0.1) is 0 Å². The van der Waals surface area contributed by atoms with Crippen LogP contribution in [0.2, 0.25) is 0 Å². The van der Waals surface area contributed by atoms with E-state index in [9.17, 15) is 9.59 Å². The zero-order chi connectivity index (χ0) is 19.9. The van der Waals surface area contributed by atoms with Crippen molar-refractivity contribution < 1.29 is 9.59 Å². The van der Waals surface area contributed by atoms with Crippen LogP contribution in [0.4, 0.5) is 0 Å². The highest BCUT2D eigenvalue weighted by Crippen LogP contribution is 2.23. The molecule has 8 heteroatoms. The van der Waals surface area contributed by atoms with Gasteiger partial charge < -0.3 is 14.8 Å². The summed E-state index contributed by atoms with van der Waals surface area (Å²) in [6, 6.07) is 7.14. The highest BCUT2D eigenvalue weighted by atomic mass is 79.9. The standard InChI is InChI=1S/C20H25BrN4O2S/c1-28-13-8-18(23-19(26)16-4-2-3-5-17(16)21)20(27)24-10-6-15(7-11-24)25-12-9-22-14-25/h2-5,9,12,14-15,18H,6-8,10-11,13H2,1H3,(H,23,26). The maximum Gasteiger partial charge on any atom is 0.253 e. The molecule has 1 aromatic carbocycles. The van der Waals surface area contributed by atoms with Crippen molar-refractivity contribution in [2.45, 2.75) is 31.3 Å². The minimum Gasteiger partial charge on any atom is -0.341 e. The number of amides is 2. The van der Waals surface area contributed by atoms with E-state index in [1.807, 2.05) is 41.9 Å². The second kappa shape index (κ2) is 10.1. The molecule has 1 aromatic heterocycles. The van der Waals surface area contributed by atoms with E-state index in [4.69, 9.17) is 0 Å². The van der Waals surface area contributed by atoms with Crippen LogP contribution >= 0.6 is 27.7 Å². The number of hydrogen-bond donors (Lipinski definition) is 1. The lowest BCUT2D eigenvalue weighted by molar-refractivity contribution is -0.134. The minimum atomic E-state index is -0.503. The molecule has 0 spiro atoms. The number of imidazole rings is 1. The monoisotopic (exact) mass is 464 g/mol. The number of thioether (sulfide) groups is 1. The van der Waals surface area contributed by atoms with Crippen LogP contribution in [0.15, 0.2) is 47.5 Å². The largest absolute Gasteiger partial charge is 0.341 e. The quantitative estimate of drug-likeness (QED) is 0.681. The van der Waals surface area contributed by atoms with Gasteiger partial charge in [-0.15, -0.1) is 0 Å². The summed E-state index contributed by atoms with van der Waals surface area (Å²) in [5.41, 5.74) is 0.545. The van der Waals surface area contributed by atoms with E-state index in [2.05, 4.69) is 30.8 Å². The number of halogens is 1. The Hall–Kier alpha value is -1.80. The molecule has 0 saturated carbocycles. The van der Waals surface area contributed by atoms with Crippen LogP contribution in [-0.2, 0) is 4.79 Å². The molecule has 1 unspecified atom stereocenters. The predicted molar refractivity (Wildman–Crippen MR) is 115 cm³/mol. The summed E-state index contributed by atoms with van der Waals surface area (Å²) >= 11 is 5.09. The number of nitrogens with one attached hydrogen (secondary N) is 1. The van der Waals surface area contributed by atoms with Gasteiger partial charge in [-0.1, -0.05) is 12.1 Å². The molecule has 1 atom stereocenters. The molecule has 1 fully saturated rings. The Morgan fingerprint density at radius 3 is 2.71 bits per heavy atom. The van der Waals surface area contributed by atoms with E-state index in [0.29, 0.717) is 31.1 Å². The number of rotatable bonds is 7. The van der Waals surface area contributed by atoms with Gasteiger partial charge in [0.1, 0.15) is 6.04 Å². The highest BCUT2D eigenvalue weighted by molar-refractivity contribution is 9.10. The van der Waals surface area contributed by atoms with Crippen molar-refractivity contribution in [2.24, 2.45) is 0 Å². The molecule has 1 aliphatic rings. The summed E-state index contributed by atoms with van der Waals surface area (Å²) in [5, 5.41) is 2.96. The Labute approximate surface area is 178 Å². The summed E-state index contributed by atoms with van der Waals surface area (Å²) in [5.74, 6) is 0.608. The normalized spacial score (nSPS) is 16.0. The fourth-order valence-corrected chi connectivity index (χ4v) is 4.40. The summed E-state index contributed by atoms with van der Waals surface area (Å²) in [7, 11) is 0. The molecule has 6 nitrogen and oxygen atoms in total. The second-order valence-corrected chi connectivity index (χ2v) is 8.69. The van der Waals surface area contributed by atoms with Gasteiger partial charge in [0, 0.05) is 36.0 Å². The van der Waals surface area contributed by atoms with Crippen molar-refractivity contribution in [3.63, 3.8) is 0 Å². The van der Waals surface area contributed by atoms with Crippen LogP contribution in [0.25, 0.3) is 0 Å². The number of hydrogen-bond acceptors (Lipinski definition) is 4. The molecule has 2 heterocycles. The maximum absolute atomic E-state index is 13.1. The van der Waals surface area contributed by atoms with Crippen molar-refractivity contribution in [1.82, 2.24) is 19.8 Å². The van der Waals surface area contributed by atoms with Gasteiger partial charge in [0.15, 0.2) is 0 Å². The van der Waals surface area contributed by atoms with Gasteiger partial charge >= 0.3 is 0 Å². The summed E-state index contributed by atoms with van der Waals surface area (Å²) in [6.45, 7) is 1.39. The van der Waals surface area contributed by atoms with E-state index >= 15 is 0 Å². The molecule has 1 saturated heterocycles. The number of piperidine rings is 1. The van der Waals surface area contributed by atoms with Crippen molar-refractivity contribution in [3.8, 4) is 0 Å². The molecule has 28 heavy (non-hydrogen) atoms. The van der Waals surface area contributed by atoms with E-state index in [-0.39, 0.29) is 11.8 Å².